The lowest BCUT2D eigenvalue weighted by Gasteiger charge is -2.08. The molecule has 0 spiro atoms. The van der Waals surface area contributed by atoms with Crippen molar-refractivity contribution in [1.29, 1.82) is 0 Å². The maximum absolute atomic E-state index is 4.61. The second-order valence-electron chi connectivity index (χ2n) is 4.50. The summed E-state index contributed by atoms with van der Waals surface area (Å²) in [4.78, 5) is 13.4. The molecule has 0 bridgehead atoms. The van der Waals surface area contributed by atoms with Gasteiger partial charge in [-0.2, -0.15) is 0 Å². The van der Waals surface area contributed by atoms with Crippen LogP contribution in [-0.4, -0.2) is 25.6 Å². The zero-order chi connectivity index (χ0) is 12.7. The van der Waals surface area contributed by atoms with Gasteiger partial charge in [0.25, 0.3) is 0 Å². The third-order valence-corrected chi connectivity index (χ3v) is 3.55. The minimum absolute atomic E-state index is 0.415. The maximum Gasteiger partial charge on any atom is 0.189 e. The van der Waals surface area contributed by atoms with E-state index in [1.54, 1.807) is 11.8 Å². The number of imidazole rings is 1. The van der Waals surface area contributed by atoms with Crippen molar-refractivity contribution in [1.82, 2.24) is 19.4 Å². The molecule has 3 aromatic heterocycles. The molecular formula is C13H14N4S. The Labute approximate surface area is 109 Å². The summed E-state index contributed by atoms with van der Waals surface area (Å²) >= 11 is 1.55. The van der Waals surface area contributed by atoms with E-state index in [1.165, 1.54) is 5.69 Å². The van der Waals surface area contributed by atoms with Gasteiger partial charge in [-0.1, -0.05) is 25.6 Å². The van der Waals surface area contributed by atoms with E-state index in [0.717, 1.165) is 21.8 Å². The van der Waals surface area contributed by atoms with Crippen LogP contribution in [0.25, 0.3) is 16.7 Å². The van der Waals surface area contributed by atoms with Crippen molar-refractivity contribution in [3.8, 4) is 0 Å². The van der Waals surface area contributed by atoms with Crippen LogP contribution < -0.4 is 0 Å². The Hall–Kier alpha value is -1.62. The minimum Gasteiger partial charge on any atom is -0.280 e. The van der Waals surface area contributed by atoms with E-state index in [-0.39, 0.29) is 0 Å². The number of nitrogens with zero attached hydrogens (tertiary/aromatic N) is 4. The van der Waals surface area contributed by atoms with Gasteiger partial charge in [-0.3, -0.25) is 4.40 Å². The van der Waals surface area contributed by atoms with Gasteiger partial charge in [0, 0.05) is 23.5 Å². The molecule has 0 radical (unpaired) electrons. The molecule has 0 atom stereocenters. The van der Waals surface area contributed by atoms with Crippen LogP contribution in [0.15, 0.2) is 29.7 Å². The predicted octanol–water partition coefficient (Wildman–Crippen LogP) is 3.12. The first kappa shape index (κ1) is 11.5. The monoisotopic (exact) mass is 258 g/mol. The highest BCUT2D eigenvalue weighted by Crippen LogP contribution is 2.22. The molecule has 0 unspecified atom stereocenters. The summed E-state index contributed by atoms with van der Waals surface area (Å²) in [7, 11) is 0. The lowest BCUT2D eigenvalue weighted by molar-refractivity contribution is 0.811. The molecule has 3 heterocycles. The SMILES string of the molecule is CSc1ncc2ccc3ncc(C(C)C)n3c2n1. The van der Waals surface area contributed by atoms with Gasteiger partial charge in [-0.05, 0) is 24.3 Å². The summed E-state index contributed by atoms with van der Waals surface area (Å²) in [5.74, 6) is 0.415. The molecule has 5 heteroatoms. The third kappa shape index (κ3) is 1.66. The van der Waals surface area contributed by atoms with Crippen molar-refractivity contribution in [2.45, 2.75) is 24.9 Å². The fourth-order valence-corrected chi connectivity index (χ4v) is 2.40. The number of aromatic nitrogens is 4. The Morgan fingerprint density at radius 1 is 1.17 bits per heavy atom. The molecule has 0 fully saturated rings. The van der Waals surface area contributed by atoms with Gasteiger partial charge in [0.1, 0.15) is 5.65 Å². The fourth-order valence-electron chi connectivity index (χ4n) is 2.06. The first-order valence-corrected chi connectivity index (χ1v) is 7.10. The van der Waals surface area contributed by atoms with Crippen LogP contribution >= 0.6 is 11.8 Å². The van der Waals surface area contributed by atoms with E-state index < -0.39 is 0 Å². The van der Waals surface area contributed by atoms with Gasteiger partial charge >= 0.3 is 0 Å². The van der Waals surface area contributed by atoms with E-state index >= 15 is 0 Å². The van der Waals surface area contributed by atoms with Crippen molar-refractivity contribution in [3.05, 3.63) is 30.2 Å². The minimum atomic E-state index is 0.415. The molecule has 3 aromatic rings. The quantitative estimate of drug-likeness (QED) is 0.523. The molecule has 3 rings (SSSR count). The molecular weight excluding hydrogens is 244 g/mol. The summed E-state index contributed by atoms with van der Waals surface area (Å²) in [6, 6.07) is 4.03. The molecule has 0 aromatic carbocycles. The number of pyridine rings is 1. The van der Waals surface area contributed by atoms with E-state index in [1.807, 2.05) is 30.8 Å². The van der Waals surface area contributed by atoms with Crippen molar-refractivity contribution < 1.29 is 0 Å². The first-order valence-electron chi connectivity index (χ1n) is 5.88. The fraction of sp³-hybridized carbons (Fsp3) is 0.308. The highest BCUT2D eigenvalue weighted by molar-refractivity contribution is 7.98. The highest BCUT2D eigenvalue weighted by Gasteiger charge is 2.11. The summed E-state index contributed by atoms with van der Waals surface area (Å²) < 4.78 is 2.13. The van der Waals surface area contributed by atoms with Gasteiger partial charge in [-0.25, -0.2) is 15.0 Å². The third-order valence-electron chi connectivity index (χ3n) is 2.99. The molecule has 0 aliphatic heterocycles. The van der Waals surface area contributed by atoms with Gasteiger partial charge in [-0.15, -0.1) is 0 Å². The molecule has 0 N–H and O–H groups in total. The standard InChI is InChI=1S/C13H14N4S/c1-8(2)10-7-14-11-5-4-9-6-15-13(18-3)16-12(9)17(10)11/h4-8H,1-3H3. The van der Waals surface area contributed by atoms with Crippen LogP contribution in [-0.2, 0) is 0 Å². The second-order valence-corrected chi connectivity index (χ2v) is 5.27. The summed E-state index contributed by atoms with van der Waals surface area (Å²) in [6.07, 6.45) is 5.79. The summed E-state index contributed by atoms with van der Waals surface area (Å²) in [5.41, 5.74) is 3.06. The number of fused-ring (bicyclic) bond motifs is 3. The highest BCUT2D eigenvalue weighted by atomic mass is 32.2. The molecule has 92 valence electrons. The average Bonchev–Trinajstić information content (AvgIpc) is 2.82. The van der Waals surface area contributed by atoms with Crippen LogP contribution in [0, 0.1) is 0 Å². The van der Waals surface area contributed by atoms with E-state index in [0.29, 0.717) is 5.92 Å². The largest absolute Gasteiger partial charge is 0.280 e. The van der Waals surface area contributed by atoms with E-state index in [2.05, 4.69) is 33.2 Å². The Morgan fingerprint density at radius 2 is 2.00 bits per heavy atom. The molecule has 0 amide bonds. The van der Waals surface area contributed by atoms with Gasteiger partial charge in [0.15, 0.2) is 10.8 Å². The predicted molar refractivity (Wildman–Crippen MR) is 74.2 cm³/mol. The van der Waals surface area contributed by atoms with E-state index in [9.17, 15) is 0 Å². The Balaban J connectivity index is 2.44. The lowest BCUT2D eigenvalue weighted by atomic mass is 10.1. The molecule has 0 saturated heterocycles. The second kappa shape index (κ2) is 4.24. The lowest BCUT2D eigenvalue weighted by Crippen LogP contribution is -2.00. The molecule has 18 heavy (non-hydrogen) atoms. The zero-order valence-electron chi connectivity index (χ0n) is 10.6. The van der Waals surface area contributed by atoms with Crippen molar-refractivity contribution in [2.24, 2.45) is 0 Å². The Bertz CT molecular complexity index is 717. The van der Waals surface area contributed by atoms with Gasteiger partial charge in [0.2, 0.25) is 0 Å². The van der Waals surface area contributed by atoms with Crippen molar-refractivity contribution in [2.75, 3.05) is 6.26 Å². The summed E-state index contributed by atoms with van der Waals surface area (Å²) in [6.45, 7) is 4.33. The topological polar surface area (TPSA) is 43.1 Å². The van der Waals surface area contributed by atoms with Crippen LogP contribution in [0.1, 0.15) is 25.5 Å². The zero-order valence-corrected chi connectivity index (χ0v) is 11.4. The maximum atomic E-state index is 4.61. The van der Waals surface area contributed by atoms with Crippen LogP contribution in [0.3, 0.4) is 0 Å². The number of rotatable bonds is 2. The van der Waals surface area contributed by atoms with E-state index in [4.69, 9.17) is 0 Å². The number of thioether (sulfide) groups is 1. The normalized spacial score (nSPS) is 11.8. The van der Waals surface area contributed by atoms with Crippen LogP contribution in [0.4, 0.5) is 0 Å². The Kier molecular flexibility index (Phi) is 2.70. The van der Waals surface area contributed by atoms with Crippen LogP contribution in [0.2, 0.25) is 0 Å². The molecule has 0 saturated carbocycles. The van der Waals surface area contributed by atoms with Crippen LogP contribution in [0.5, 0.6) is 0 Å². The molecule has 0 aliphatic carbocycles. The van der Waals surface area contributed by atoms with Crippen molar-refractivity contribution >= 4 is 28.4 Å². The molecule has 4 nitrogen and oxygen atoms in total. The Morgan fingerprint density at radius 3 is 2.72 bits per heavy atom. The van der Waals surface area contributed by atoms with Gasteiger partial charge in [0.05, 0.1) is 0 Å². The van der Waals surface area contributed by atoms with Gasteiger partial charge < -0.3 is 0 Å². The first-order chi connectivity index (χ1) is 8.70. The summed E-state index contributed by atoms with van der Waals surface area (Å²) in [5, 5.41) is 1.83. The number of hydrogen-bond donors (Lipinski definition) is 0. The molecule has 0 aliphatic rings. The average molecular weight is 258 g/mol. The van der Waals surface area contributed by atoms with Crippen molar-refractivity contribution in [3.63, 3.8) is 0 Å². The smallest absolute Gasteiger partial charge is 0.189 e. The number of hydrogen-bond acceptors (Lipinski definition) is 4.